The summed E-state index contributed by atoms with van der Waals surface area (Å²) >= 11 is 0. The smallest absolute Gasteiger partial charge is 0.338 e. The monoisotopic (exact) mass is 415 g/mol. The number of ketones is 1. The first kappa shape index (κ1) is 18.8. The Balaban J connectivity index is 1.20. The van der Waals surface area contributed by atoms with Crippen molar-refractivity contribution >= 4 is 22.8 Å². The van der Waals surface area contributed by atoms with E-state index in [2.05, 4.69) is 10.3 Å². The molecule has 0 saturated heterocycles. The van der Waals surface area contributed by atoms with Crippen LogP contribution in [0.4, 0.5) is 0 Å². The van der Waals surface area contributed by atoms with Crippen LogP contribution in [-0.2, 0) is 11.3 Å². The summed E-state index contributed by atoms with van der Waals surface area (Å²) in [5, 5.41) is 8.31. The molecule has 8 nitrogen and oxygen atoms in total. The number of carbonyl (C=O) groups excluding carboxylic acids is 2. The Hall–Kier alpha value is -4.20. The van der Waals surface area contributed by atoms with E-state index in [4.69, 9.17) is 14.2 Å². The number of para-hydroxylation sites is 1. The number of hydrogen-bond donors (Lipinski definition) is 0. The molecule has 1 aliphatic heterocycles. The average molecular weight is 415 g/mol. The molecule has 0 aliphatic carbocycles. The summed E-state index contributed by atoms with van der Waals surface area (Å²) in [7, 11) is 0. The van der Waals surface area contributed by atoms with Gasteiger partial charge in [0.2, 0.25) is 6.79 Å². The van der Waals surface area contributed by atoms with Crippen LogP contribution in [0, 0.1) is 0 Å². The van der Waals surface area contributed by atoms with Crippen LogP contribution in [0.15, 0.2) is 66.7 Å². The van der Waals surface area contributed by atoms with Gasteiger partial charge in [-0.05, 0) is 48.0 Å². The summed E-state index contributed by atoms with van der Waals surface area (Å²) in [6.45, 7) is 0.300. The van der Waals surface area contributed by atoms with Crippen LogP contribution in [0.3, 0.4) is 0 Å². The van der Waals surface area contributed by atoms with E-state index in [9.17, 15) is 9.59 Å². The van der Waals surface area contributed by atoms with E-state index < -0.39 is 5.97 Å². The molecule has 0 fully saturated rings. The molecule has 0 radical (unpaired) electrons. The zero-order chi connectivity index (χ0) is 21.2. The minimum absolute atomic E-state index is 0.130. The van der Waals surface area contributed by atoms with Crippen molar-refractivity contribution in [3.8, 4) is 11.5 Å². The fourth-order valence-electron chi connectivity index (χ4n) is 3.32. The van der Waals surface area contributed by atoms with Gasteiger partial charge in [-0.25, -0.2) is 9.48 Å². The number of rotatable bonds is 6. The van der Waals surface area contributed by atoms with Crippen molar-refractivity contribution in [3.63, 3.8) is 0 Å². The predicted molar refractivity (Wildman–Crippen MR) is 110 cm³/mol. The second kappa shape index (κ2) is 7.91. The Morgan fingerprint density at radius 2 is 1.71 bits per heavy atom. The zero-order valence-electron chi connectivity index (χ0n) is 16.4. The van der Waals surface area contributed by atoms with Crippen LogP contribution in [0.5, 0.6) is 11.5 Å². The quantitative estimate of drug-likeness (QED) is 0.353. The average Bonchev–Trinajstić information content (AvgIpc) is 3.44. The second-order valence-corrected chi connectivity index (χ2v) is 7.00. The molecule has 2 heterocycles. The molecule has 0 atom stereocenters. The largest absolute Gasteiger partial charge is 0.454 e. The van der Waals surface area contributed by atoms with Gasteiger partial charge in [0.15, 0.2) is 23.9 Å². The van der Waals surface area contributed by atoms with Crippen molar-refractivity contribution in [3.05, 3.63) is 83.4 Å². The number of Topliss-reactive ketones (excluding diaryl/α,β-unsaturated/α-hetero) is 1. The number of esters is 1. The first-order valence-electron chi connectivity index (χ1n) is 9.64. The number of nitrogens with zero attached hydrogens (tertiary/aromatic N) is 3. The number of ether oxygens (including phenoxy) is 3. The fourth-order valence-corrected chi connectivity index (χ4v) is 3.32. The van der Waals surface area contributed by atoms with E-state index in [1.54, 1.807) is 35.0 Å². The van der Waals surface area contributed by atoms with E-state index in [0.717, 1.165) is 16.6 Å². The predicted octanol–water partition coefficient (Wildman–Crippen LogP) is 3.25. The lowest BCUT2D eigenvalue weighted by Crippen LogP contribution is -2.14. The van der Waals surface area contributed by atoms with Crippen molar-refractivity contribution in [2.24, 2.45) is 0 Å². The topological polar surface area (TPSA) is 92.5 Å². The van der Waals surface area contributed by atoms with Crippen LogP contribution in [0.1, 0.15) is 26.3 Å². The molecule has 1 aromatic heterocycles. The lowest BCUT2D eigenvalue weighted by molar-refractivity contribution is 0.0474. The fraction of sp³-hybridized carbons (Fsp3) is 0.130. The molecule has 8 heteroatoms. The van der Waals surface area contributed by atoms with Crippen molar-refractivity contribution < 1.29 is 23.8 Å². The first-order valence-corrected chi connectivity index (χ1v) is 9.64. The SMILES string of the molecule is O=C(COC(=O)c1ccc(Cn2nnc3ccccc32)cc1)c1ccc2c(c1)OCO2. The Bertz CT molecular complexity index is 1280. The minimum atomic E-state index is -0.563. The van der Waals surface area contributed by atoms with Gasteiger partial charge in [0.05, 0.1) is 17.6 Å². The van der Waals surface area contributed by atoms with E-state index in [1.807, 2.05) is 36.4 Å². The number of aromatic nitrogens is 3. The first-order chi connectivity index (χ1) is 15.2. The molecular weight excluding hydrogens is 398 g/mol. The highest BCUT2D eigenvalue weighted by molar-refractivity contribution is 5.99. The third-order valence-corrected chi connectivity index (χ3v) is 4.97. The third kappa shape index (κ3) is 3.83. The van der Waals surface area contributed by atoms with Crippen molar-refractivity contribution in [1.29, 1.82) is 0 Å². The van der Waals surface area contributed by atoms with Crippen molar-refractivity contribution in [2.45, 2.75) is 6.54 Å². The van der Waals surface area contributed by atoms with Crippen molar-refractivity contribution in [1.82, 2.24) is 15.0 Å². The summed E-state index contributed by atoms with van der Waals surface area (Å²) in [6.07, 6.45) is 0. The van der Waals surface area contributed by atoms with E-state index in [-0.39, 0.29) is 19.2 Å². The van der Waals surface area contributed by atoms with Gasteiger partial charge in [0, 0.05) is 5.56 Å². The molecule has 4 aromatic rings. The molecule has 31 heavy (non-hydrogen) atoms. The van der Waals surface area contributed by atoms with Crippen LogP contribution < -0.4 is 9.47 Å². The Morgan fingerprint density at radius 1 is 0.935 bits per heavy atom. The van der Waals surface area contributed by atoms with Gasteiger partial charge in [0.25, 0.3) is 0 Å². The molecule has 0 saturated carbocycles. The normalized spacial score (nSPS) is 12.1. The summed E-state index contributed by atoms with van der Waals surface area (Å²) in [6, 6.07) is 19.6. The third-order valence-electron chi connectivity index (χ3n) is 4.97. The summed E-state index contributed by atoms with van der Waals surface area (Å²) in [5.41, 5.74) is 3.49. The van der Waals surface area contributed by atoms with Gasteiger partial charge < -0.3 is 14.2 Å². The lowest BCUT2D eigenvalue weighted by Gasteiger charge is -2.07. The van der Waals surface area contributed by atoms with Crippen LogP contribution >= 0.6 is 0 Å². The molecule has 0 spiro atoms. The molecule has 0 bridgehead atoms. The van der Waals surface area contributed by atoms with E-state index >= 15 is 0 Å². The summed E-state index contributed by atoms with van der Waals surface area (Å²) in [5.74, 6) is 0.216. The van der Waals surface area contributed by atoms with Gasteiger partial charge in [-0.1, -0.05) is 29.5 Å². The van der Waals surface area contributed by atoms with Gasteiger partial charge >= 0.3 is 5.97 Å². The van der Waals surface area contributed by atoms with Gasteiger partial charge in [-0.3, -0.25) is 4.79 Å². The minimum Gasteiger partial charge on any atom is -0.454 e. The van der Waals surface area contributed by atoms with Gasteiger partial charge in [-0.2, -0.15) is 0 Å². The molecule has 0 N–H and O–H groups in total. The number of carbonyl (C=O) groups is 2. The van der Waals surface area contributed by atoms with Crippen LogP contribution in [0.25, 0.3) is 11.0 Å². The maximum absolute atomic E-state index is 12.3. The van der Waals surface area contributed by atoms with Crippen molar-refractivity contribution in [2.75, 3.05) is 13.4 Å². The second-order valence-electron chi connectivity index (χ2n) is 7.00. The number of fused-ring (bicyclic) bond motifs is 2. The molecule has 5 rings (SSSR count). The Labute approximate surface area is 177 Å². The van der Waals surface area contributed by atoms with Crippen LogP contribution in [-0.4, -0.2) is 40.1 Å². The molecular formula is C23H17N3O5. The highest BCUT2D eigenvalue weighted by atomic mass is 16.7. The zero-order valence-corrected chi connectivity index (χ0v) is 16.4. The highest BCUT2D eigenvalue weighted by Crippen LogP contribution is 2.32. The van der Waals surface area contributed by atoms with E-state index in [1.165, 1.54) is 0 Å². The highest BCUT2D eigenvalue weighted by Gasteiger charge is 2.17. The molecule has 1 aliphatic rings. The maximum atomic E-state index is 12.3. The lowest BCUT2D eigenvalue weighted by atomic mass is 10.1. The van der Waals surface area contributed by atoms with E-state index in [0.29, 0.717) is 29.2 Å². The number of hydrogen-bond acceptors (Lipinski definition) is 7. The summed E-state index contributed by atoms with van der Waals surface area (Å²) < 4.78 is 17.5. The summed E-state index contributed by atoms with van der Waals surface area (Å²) in [4.78, 5) is 24.7. The van der Waals surface area contributed by atoms with Crippen LogP contribution in [0.2, 0.25) is 0 Å². The Kier molecular flexibility index (Phi) is 4.80. The number of benzene rings is 3. The molecule has 0 amide bonds. The molecule has 154 valence electrons. The van der Waals surface area contributed by atoms with Gasteiger partial charge in [-0.15, -0.1) is 5.10 Å². The maximum Gasteiger partial charge on any atom is 0.338 e. The van der Waals surface area contributed by atoms with Gasteiger partial charge in [0.1, 0.15) is 5.52 Å². The molecule has 3 aromatic carbocycles. The molecule has 0 unspecified atom stereocenters. The standard InChI is InChI=1S/C23H17N3O5/c27-20(17-9-10-21-22(11-17)31-14-30-21)13-29-23(28)16-7-5-15(6-8-16)12-26-19-4-2-1-3-18(19)24-25-26/h1-11H,12-14H2. The Morgan fingerprint density at radius 3 is 2.58 bits per heavy atom.